The molecule has 0 aliphatic heterocycles. The Hall–Kier alpha value is -1.27. The van der Waals surface area contributed by atoms with Crippen LogP contribution in [0.4, 0.5) is 0 Å². The van der Waals surface area contributed by atoms with Gasteiger partial charge in [-0.25, -0.2) is 4.98 Å². The number of hydrogen-bond acceptors (Lipinski definition) is 5. The largest absolute Gasteiger partial charge is 0.332 e. The summed E-state index contributed by atoms with van der Waals surface area (Å²) in [5, 5.41) is 6.91. The molecule has 1 N–H and O–H groups in total. The maximum Gasteiger partial charge on any atom is 0.277 e. The molecule has 0 aliphatic rings. The number of rotatable bonds is 4. The smallest absolute Gasteiger partial charge is 0.277 e. The Morgan fingerprint density at radius 2 is 2.38 bits per heavy atom. The molecule has 0 fully saturated rings. The molecule has 2 heterocycles. The van der Waals surface area contributed by atoms with Crippen molar-refractivity contribution < 1.29 is 4.52 Å². The second-order valence-electron chi connectivity index (χ2n) is 3.20. The molecule has 0 spiro atoms. The van der Waals surface area contributed by atoms with Gasteiger partial charge in [0.15, 0.2) is 5.82 Å². The van der Waals surface area contributed by atoms with Crippen molar-refractivity contribution in [2.24, 2.45) is 0 Å². The van der Waals surface area contributed by atoms with Crippen LogP contribution in [0.25, 0.3) is 11.6 Å². The second-order valence-corrected chi connectivity index (χ2v) is 4.06. The van der Waals surface area contributed by atoms with Crippen molar-refractivity contribution in [2.45, 2.75) is 6.42 Å². The number of aromatic nitrogens is 3. The number of halogens is 1. The average Bonchev–Trinajstić information content (AvgIpc) is 2.75. The van der Waals surface area contributed by atoms with E-state index < -0.39 is 0 Å². The minimum absolute atomic E-state index is 0.443. The van der Waals surface area contributed by atoms with E-state index in [0.29, 0.717) is 17.4 Å². The highest BCUT2D eigenvalue weighted by Crippen LogP contribution is 2.23. The molecular weight excluding hydrogens is 272 g/mol. The fourth-order valence-electron chi connectivity index (χ4n) is 1.23. The zero-order valence-electron chi connectivity index (χ0n) is 8.77. The van der Waals surface area contributed by atoms with Crippen LogP contribution in [0.2, 0.25) is 0 Å². The summed E-state index contributed by atoms with van der Waals surface area (Å²) in [6.45, 7) is 0.822. The highest BCUT2D eigenvalue weighted by molar-refractivity contribution is 9.10. The highest BCUT2D eigenvalue weighted by atomic mass is 79.9. The van der Waals surface area contributed by atoms with Crippen LogP contribution in [0.3, 0.4) is 0 Å². The first-order chi connectivity index (χ1) is 7.81. The Morgan fingerprint density at radius 1 is 1.50 bits per heavy atom. The van der Waals surface area contributed by atoms with Crippen LogP contribution < -0.4 is 5.32 Å². The molecule has 0 saturated carbocycles. The molecule has 6 heteroatoms. The lowest BCUT2D eigenvalue weighted by Gasteiger charge is -1.95. The van der Waals surface area contributed by atoms with E-state index in [1.807, 2.05) is 19.2 Å². The van der Waals surface area contributed by atoms with Crippen LogP contribution in [-0.2, 0) is 6.42 Å². The standard InChI is InChI=1S/C10H11BrN4O/c1-12-6-4-8-14-10(16-15-8)9-7(11)3-2-5-13-9/h2-3,5,12H,4,6H2,1H3. The van der Waals surface area contributed by atoms with Gasteiger partial charge in [0.25, 0.3) is 5.89 Å². The monoisotopic (exact) mass is 282 g/mol. The summed E-state index contributed by atoms with van der Waals surface area (Å²) in [7, 11) is 1.89. The molecule has 0 saturated heterocycles. The van der Waals surface area contributed by atoms with Crippen LogP contribution in [0.1, 0.15) is 5.82 Å². The van der Waals surface area contributed by atoms with Gasteiger partial charge in [0.1, 0.15) is 5.69 Å². The minimum Gasteiger partial charge on any atom is -0.332 e. The van der Waals surface area contributed by atoms with E-state index in [9.17, 15) is 0 Å². The van der Waals surface area contributed by atoms with Crippen molar-refractivity contribution in [3.8, 4) is 11.6 Å². The number of hydrogen-bond donors (Lipinski definition) is 1. The van der Waals surface area contributed by atoms with Gasteiger partial charge < -0.3 is 9.84 Å². The van der Waals surface area contributed by atoms with Crippen LogP contribution >= 0.6 is 15.9 Å². The van der Waals surface area contributed by atoms with E-state index in [1.54, 1.807) is 6.20 Å². The molecular formula is C10H11BrN4O. The lowest BCUT2D eigenvalue weighted by Crippen LogP contribution is -2.11. The number of nitrogens with one attached hydrogen (secondary N) is 1. The third-order valence-electron chi connectivity index (χ3n) is 2.03. The van der Waals surface area contributed by atoms with Gasteiger partial charge >= 0.3 is 0 Å². The van der Waals surface area contributed by atoms with Crippen molar-refractivity contribution in [3.63, 3.8) is 0 Å². The fourth-order valence-corrected chi connectivity index (χ4v) is 1.66. The van der Waals surface area contributed by atoms with E-state index in [4.69, 9.17) is 4.52 Å². The van der Waals surface area contributed by atoms with Gasteiger partial charge in [-0.2, -0.15) is 4.98 Å². The summed E-state index contributed by atoms with van der Waals surface area (Å²) in [5.41, 5.74) is 0.672. The first-order valence-electron chi connectivity index (χ1n) is 4.89. The van der Waals surface area contributed by atoms with Crippen molar-refractivity contribution in [2.75, 3.05) is 13.6 Å². The number of pyridine rings is 1. The summed E-state index contributed by atoms with van der Waals surface area (Å²) >= 11 is 3.39. The molecule has 2 aromatic heterocycles. The van der Waals surface area contributed by atoms with E-state index in [1.165, 1.54) is 0 Å². The Balaban J connectivity index is 2.22. The third kappa shape index (κ3) is 2.45. The highest BCUT2D eigenvalue weighted by Gasteiger charge is 2.12. The summed E-state index contributed by atoms with van der Waals surface area (Å²) in [5.74, 6) is 1.13. The fraction of sp³-hybridized carbons (Fsp3) is 0.300. The third-order valence-corrected chi connectivity index (χ3v) is 2.67. The van der Waals surface area contributed by atoms with E-state index in [0.717, 1.165) is 17.4 Å². The molecule has 2 rings (SSSR count). The molecule has 84 valence electrons. The quantitative estimate of drug-likeness (QED) is 0.924. The Kier molecular flexibility index (Phi) is 3.63. The van der Waals surface area contributed by atoms with Crippen LogP contribution in [0, 0.1) is 0 Å². The van der Waals surface area contributed by atoms with Crippen LogP contribution in [0.5, 0.6) is 0 Å². The Labute approximate surface area is 101 Å². The molecule has 16 heavy (non-hydrogen) atoms. The van der Waals surface area contributed by atoms with Gasteiger partial charge in [0, 0.05) is 23.6 Å². The van der Waals surface area contributed by atoms with Crippen molar-refractivity contribution >= 4 is 15.9 Å². The molecule has 0 aliphatic carbocycles. The zero-order valence-corrected chi connectivity index (χ0v) is 10.4. The minimum atomic E-state index is 0.443. The van der Waals surface area contributed by atoms with Gasteiger partial charge in [-0.15, -0.1) is 0 Å². The van der Waals surface area contributed by atoms with Gasteiger partial charge in [-0.1, -0.05) is 5.16 Å². The van der Waals surface area contributed by atoms with Gasteiger partial charge in [0.05, 0.1) is 0 Å². The summed E-state index contributed by atoms with van der Waals surface area (Å²) < 4.78 is 5.99. The molecule has 0 radical (unpaired) electrons. The van der Waals surface area contributed by atoms with Crippen LogP contribution in [0.15, 0.2) is 27.3 Å². The maximum atomic E-state index is 5.15. The average molecular weight is 283 g/mol. The van der Waals surface area contributed by atoms with Gasteiger partial charge in [-0.05, 0) is 35.1 Å². The lowest BCUT2D eigenvalue weighted by atomic mass is 10.3. The predicted molar refractivity (Wildman–Crippen MR) is 62.9 cm³/mol. The van der Waals surface area contributed by atoms with Gasteiger partial charge in [-0.3, -0.25) is 0 Å². The molecule has 2 aromatic rings. The molecule has 5 nitrogen and oxygen atoms in total. The van der Waals surface area contributed by atoms with Crippen molar-refractivity contribution in [3.05, 3.63) is 28.6 Å². The summed E-state index contributed by atoms with van der Waals surface area (Å²) in [6, 6.07) is 3.73. The Bertz CT molecular complexity index is 471. The first kappa shape index (κ1) is 11.2. The lowest BCUT2D eigenvalue weighted by molar-refractivity contribution is 0.420. The second kappa shape index (κ2) is 5.18. The van der Waals surface area contributed by atoms with Crippen LogP contribution in [-0.4, -0.2) is 28.7 Å². The normalized spacial score (nSPS) is 10.6. The van der Waals surface area contributed by atoms with E-state index in [2.05, 4.69) is 36.4 Å². The van der Waals surface area contributed by atoms with Crippen molar-refractivity contribution in [1.29, 1.82) is 0 Å². The zero-order chi connectivity index (χ0) is 11.4. The van der Waals surface area contributed by atoms with Crippen molar-refractivity contribution in [1.82, 2.24) is 20.4 Å². The summed E-state index contributed by atoms with van der Waals surface area (Å²) in [6.07, 6.45) is 2.43. The molecule has 0 bridgehead atoms. The van der Waals surface area contributed by atoms with E-state index in [-0.39, 0.29) is 0 Å². The maximum absolute atomic E-state index is 5.15. The molecule has 0 aromatic carbocycles. The first-order valence-corrected chi connectivity index (χ1v) is 5.68. The summed E-state index contributed by atoms with van der Waals surface area (Å²) in [4.78, 5) is 8.45. The van der Waals surface area contributed by atoms with E-state index >= 15 is 0 Å². The molecule has 0 amide bonds. The molecule has 0 unspecified atom stereocenters. The topological polar surface area (TPSA) is 63.8 Å². The van der Waals surface area contributed by atoms with Gasteiger partial charge in [0.2, 0.25) is 0 Å². The predicted octanol–water partition coefficient (Wildman–Crippen LogP) is 1.66. The Morgan fingerprint density at radius 3 is 3.12 bits per heavy atom. The SMILES string of the molecule is CNCCc1noc(-c2ncccc2Br)n1. The number of likely N-dealkylation sites (N-methyl/N-ethyl adjacent to an activating group) is 1. The number of nitrogens with zero attached hydrogens (tertiary/aromatic N) is 3. The molecule has 0 atom stereocenters.